The maximum absolute atomic E-state index is 12.2. The molecule has 0 unspecified atom stereocenters. The summed E-state index contributed by atoms with van der Waals surface area (Å²) in [5.74, 6) is 0.430. The molecule has 140 valence electrons. The molecule has 7 nitrogen and oxygen atoms in total. The molecule has 0 aliphatic rings. The van der Waals surface area contributed by atoms with Gasteiger partial charge in [0.2, 0.25) is 5.91 Å². The fourth-order valence-electron chi connectivity index (χ4n) is 2.65. The average molecular weight is 431 g/mol. The lowest BCUT2D eigenvalue weighted by Gasteiger charge is -2.09. The van der Waals surface area contributed by atoms with Crippen LogP contribution in [-0.2, 0) is 11.2 Å². The van der Waals surface area contributed by atoms with E-state index in [-0.39, 0.29) is 11.9 Å². The van der Waals surface area contributed by atoms with E-state index in [0.717, 1.165) is 15.7 Å². The van der Waals surface area contributed by atoms with Gasteiger partial charge < -0.3 is 20.4 Å². The molecular weight excluding hydrogens is 412 g/mol. The van der Waals surface area contributed by atoms with Crippen molar-refractivity contribution in [3.8, 4) is 0 Å². The molecule has 3 N–H and O–H groups in total. The summed E-state index contributed by atoms with van der Waals surface area (Å²) in [5.41, 5.74) is 3.58. The normalized spacial score (nSPS) is 10.6. The highest BCUT2D eigenvalue weighted by Crippen LogP contribution is 2.28. The van der Waals surface area contributed by atoms with Crippen LogP contribution in [0.3, 0.4) is 0 Å². The molecule has 0 atom stereocenters. The van der Waals surface area contributed by atoms with Gasteiger partial charge in [-0.3, -0.25) is 4.79 Å². The number of carbonyl (C=O) groups excluding carboxylic acids is 2. The number of urea groups is 1. The van der Waals surface area contributed by atoms with Gasteiger partial charge in [0.15, 0.2) is 11.5 Å². The SMILES string of the molecule is CC(=O)Nc1ccc(CCNC(=O)Nc2cc(Br)cc3nc(C)oc23)cc1. The van der Waals surface area contributed by atoms with Crippen molar-refractivity contribution < 1.29 is 14.0 Å². The fourth-order valence-corrected chi connectivity index (χ4v) is 3.09. The molecule has 3 amide bonds. The number of hydrogen-bond donors (Lipinski definition) is 3. The van der Waals surface area contributed by atoms with E-state index in [4.69, 9.17) is 4.42 Å². The summed E-state index contributed by atoms with van der Waals surface area (Å²) >= 11 is 3.41. The molecule has 0 fully saturated rings. The number of fused-ring (bicyclic) bond motifs is 1. The Bertz CT molecular complexity index is 983. The summed E-state index contributed by atoms with van der Waals surface area (Å²) < 4.78 is 6.37. The third-order valence-corrected chi connectivity index (χ3v) is 4.24. The lowest BCUT2D eigenvalue weighted by molar-refractivity contribution is -0.114. The van der Waals surface area contributed by atoms with Crippen molar-refractivity contribution in [1.82, 2.24) is 10.3 Å². The minimum atomic E-state index is -0.321. The van der Waals surface area contributed by atoms with Crippen LogP contribution in [0.25, 0.3) is 11.1 Å². The van der Waals surface area contributed by atoms with Crippen molar-refractivity contribution in [1.29, 1.82) is 0 Å². The highest BCUT2D eigenvalue weighted by Gasteiger charge is 2.12. The first-order valence-electron chi connectivity index (χ1n) is 8.39. The van der Waals surface area contributed by atoms with E-state index in [2.05, 4.69) is 36.9 Å². The lowest BCUT2D eigenvalue weighted by Crippen LogP contribution is -2.30. The third kappa shape index (κ3) is 5.07. The monoisotopic (exact) mass is 430 g/mol. The minimum Gasteiger partial charge on any atom is -0.439 e. The molecule has 3 rings (SSSR count). The number of halogens is 1. The molecule has 1 aromatic heterocycles. The number of anilines is 2. The molecule has 2 aromatic carbocycles. The number of benzene rings is 2. The number of amides is 3. The van der Waals surface area contributed by atoms with Crippen LogP contribution in [0.1, 0.15) is 18.4 Å². The maximum Gasteiger partial charge on any atom is 0.319 e. The van der Waals surface area contributed by atoms with Crippen molar-refractivity contribution in [3.05, 3.63) is 52.3 Å². The topological polar surface area (TPSA) is 96.3 Å². The molecule has 8 heteroatoms. The quantitative estimate of drug-likeness (QED) is 0.564. The van der Waals surface area contributed by atoms with Crippen molar-refractivity contribution in [3.63, 3.8) is 0 Å². The Morgan fingerprint density at radius 3 is 2.59 bits per heavy atom. The Morgan fingerprint density at radius 2 is 1.89 bits per heavy atom. The maximum atomic E-state index is 12.2. The molecule has 0 radical (unpaired) electrons. The van der Waals surface area contributed by atoms with Gasteiger partial charge in [0.05, 0.1) is 5.69 Å². The van der Waals surface area contributed by atoms with Gasteiger partial charge in [0, 0.05) is 30.6 Å². The number of oxazole rings is 1. The van der Waals surface area contributed by atoms with Crippen molar-refractivity contribution in [2.24, 2.45) is 0 Å². The molecule has 0 saturated heterocycles. The number of aryl methyl sites for hydroxylation is 1. The number of nitrogens with one attached hydrogen (secondary N) is 3. The number of carbonyl (C=O) groups is 2. The van der Waals surface area contributed by atoms with Gasteiger partial charge >= 0.3 is 6.03 Å². The third-order valence-electron chi connectivity index (χ3n) is 3.78. The summed E-state index contributed by atoms with van der Waals surface area (Å²) in [7, 11) is 0. The Hall–Kier alpha value is -2.87. The Balaban J connectivity index is 1.55. The first kappa shape index (κ1) is 18.9. The van der Waals surface area contributed by atoms with E-state index in [1.54, 1.807) is 13.0 Å². The summed E-state index contributed by atoms with van der Waals surface area (Å²) in [4.78, 5) is 27.5. The zero-order valence-corrected chi connectivity index (χ0v) is 16.5. The second kappa shape index (κ2) is 8.22. The smallest absolute Gasteiger partial charge is 0.319 e. The highest BCUT2D eigenvalue weighted by atomic mass is 79.9. The van der Waals surface area contributed by atoms with Crippen LogP contribution >= 0.6 is 15.9 Å². The van der Waals surface area contributed by atoms with E-state index in [1.165, 1.54) is 6.92 Å². The minimum absolute atomic E-state index is 0.107. The van der Waals surface area contributed by atoms with Crippen LogP contribution in [-0.4, -0.2) is 23.5 Å². The van der Waals surface area contributed by atoms with Gasteiger partial charge in [0.1, 0.15) is 5.52 Å². The van der Waals surface area contributed by atoms with Gasteiger partial charge in [-0.1, -0.05) is 28.1 Å². The second-order valence-electron chi connectivity index (χ2n) is 6.04. The standard InChI is InChI=1S/C19H19BrN4O3/c1-11(25)22-15-5-3-13(4-6-15)7-8-21-19(26)24-17-10-14(20)9-16-18(17)27-12(2)23-16/h3-6,9-10H,7-8H2,1-2H3,(H,22,25)(H2,21,24,26). The molecule has 0 spiro atoms. The van der Waals surface area contributed by atoms with Gasteiger partial charge in [-0.15, -0.1) is 0 Å². The van der Waals surface area contributed by atoms with Gasteiger partial charge in [-0.25, -0.2) is 9.78 Å². The summed E-state index contributed by atoms with van der Waals surface area (Å²) in [6, 6.07) is 10.8. The average Bonchev–Trinajstić information content (AvgIpc) is 2.96. The number of hydrogen-bond acceptors (Lipinski definition) is 4. The van der Waals surface area contributed by atoms with Crippen molar-refractivity contribution in [2.75, 3.05) is 17.2 Å². The molecule has 27 heavy (non-hydrogen) atoms. The van der Waals surface area contributed by atoms with Crippen molar-refractivity contribution in [2.45, 2.75) is 20.3 Å². The predicted molar refractivity (Wildman–Crippen MR) is 108 cm³/mol. The Morgan fingerprint density at radius 1 is 1.15 bits per heavy atom. The second-order valence-corrected chi connectivity index (χ2v) is 6.96. The Kier molecular flexibility index (Phi) is 5.75. The Labute approximate surface area is 164 Å². The number of nitrogens with zero attached hydrogens (tertiary/aromatic N) is 1. The van der Waals surface area contributed by atoms with Gasteiger partial charge in [0.25, 0.3) is 0 Å². The summed E-state index contributed by atoms with van der Waals surface area (Å²) in [5, 5.41) is 8.33. The van der Waals surface area contributed by atoms with Crippen LogP contribution in [0.15, 0.2) is 45.3 Å². The van der Waals surface area contributed by atoms with E-state index < -0.39 is 0 Å². The highest BCUT2D eigenvalue weighted by molar-refractivity contribution is 9.10. The van der Waals surface area contributed by atoms with Crippen LogP contribution in [0.2, 0.25) is 0 Å². The molecule has 0 bridgehead atoms. The molecule has 0 saturated carbocycles. The molecule has 3 aromatic rings. The molecular formula is C19H19BrN4O3. The van der Waals surface area contributed by atoms with E-state index in [1.807, 2.05) is 30.3 Å². The summed E-state index contributed by atoms with van der Waals surface area (Å²) in [6.45, 7) is 3.70. The van der Waals surface area contributed by atoms with Crippen LogP contribution in [0.5, 0.6) is 0 Å². The van der Waals surface area contributed by atoms with E-state index in [0.29, 0.717) is 35.6 Å². The van der Waals surface area contributed by atoms with Crippen molar-refractivity contribution >= 4 is 50.3 Å². The number of rotatable bonds is 5. The fraction of sp³-hybridized carbons (Fsp3) is 0.211. The first-order chi connectivity index (χ1) is 12.9. The van der Waals surface area contributed by atoms with Crippen LogP contribution < -0.4 is 16.0 Å². The zero-order chi connectivity index (χ0) is 19.4. The molecule has 1 heterocycles. The largest absolute Gasteiger partial charge is 0.439 e. The molecule has 0 aliphatic carbocycles. The predicted octanol–water partition coefficient (Wildman–Crippen LogP) is 4.22. The van der Waals surface area contributed by atoms with Gasteiger partial charge in [-0.05, 0) is 36.2 Å². The molecule has 0 aliphatic heterocycles. The first-order valence-corrected chi connectivity index (χ1v) is 9.18. The van der Waals surface area contributed by atoms with Crippen LogP contribution in [0.4, 0.5) is 16.2 Å². The summed E-state index contributed by atoms with van der Waals surface area (Å²) in [6.07, 6.45) is 0.670. The van der Waals surface area contributed by atoms with Gasteiger partial charge in [-0.2, -0.15) is 0 Å². The lowest BCUT2D eigenvalue weighted by atomic mass is 10.1. The van der Waals surface area contributed by atoms with E-state index >= 15 is 0 Å². The van der Waals surface area contributed by atoms with E-state index in [9.17, 15) is 9.59 Å². The number of aromatic nitrogens is 1. The van der Waals surface area contributed by atoms with Crippen LogP contribution in [0, 0.1) is 6.92 Å². The zero-order valence-electron chi connectivity index (χ0n) is 14.9.